The van der Waals surface area contributed by atoms with Crippen molar-refractivity contribution in [2.24, 2.45) is 0 Å². The summed E-state index contributed by atoms with van der Waals surface area (Å²) in [7, 11) is 1.59. The molecule has 1 N–H and O–H groups in total. The number of rotatable bonds is 7. The molecule has 168 valence electrons. The number of fused-ring (bicyclic) bond motifs is 2. The fourth-order valence-electron chi connectivity index (χ4n) is 4.07. The highest BCUT2D eigenvalue weighted by Gasteiger charge is 2.42. The number of carbonyl (C=O) groups excluding carboxylic acids is 1. The summed E-state index contributed by atoms with van der Waals surface area (Å²) in [5.41, 5.74) is 1.67. The number of hydrogen-bond donors (Lipinski definition) is 1. The van der Waals surface area contributed by atoms with Crippen molar-refractivity contribution < 1.29 is 23.8 Å². The molecule has 1 atom stereocenters. The first-order chi connectivity index (χ1) is 15.4. The van der Waals surface area contributed by atoms with Gasteiger partial charge in [0.1, 0.15) is 5.58 Å². The third-order valence-corrected chi connectivity index (χ3v) is 6.00. The molecule has 0 radical (unpaired) electrons. The smallest absolute Gasteiger partial charge is 0.290 e. The summed E-state index contributed by atoms with van der Waals surface area (Å²) < 4.78 is 16.6. The Kier molecular flexibility index (Phi) is 6.13. The van der Waals surface area contributed by atoms with Gasteiger partial charge < -0.3 is 23.9 Å². The van der Waals surface area contributed by atoms with Crippen LogP contribution >= 0.6 is 11.6 Å². The maximum absolute atomic E-state index is 13.6. The van der Waals surface area contributed by atoms with E-state index in [-0.39, 0.29) is 34.2 Å². The monoisotopic (exact) mass is 457 g/mol. The third-order valence-electron chi connectivity index (χ3n) is 5.59. The maximum Gasteiger partial charge on any atom is 0.290 e. The molecule has 0 saturated heterocycles. The number of phenolic OH excluding ortho intramolecular Hbond substituents is 1. The van der Waals surface area contributed by atoms with Gasteiger partial charge in [-0.05, 0) is 55.7 Å². The van der Waals surface area contributed by atoms with Gasteiger partial charge in [-0.25, -0.2) is 0 Å². The fraction of sp³-hybridized carbons (Fsp3) is 0.333. The summed E-state index contributed by atoms with van der Waals surface area (Å²) in [5.74, 6) is -0.0677. The average Bonchev–Trinajstić information content (AvgIpc) is 3.04. The van der Waals surface area contributed by atoms with Crippen LogP contribution in [0.3, 0.4) is 0 Å². The molecule has 0 fully saturated rings. The van der Waals surface area contributed by atoms with Crippen molar-refractivity contribution in [2.45, 2.75) is 26.3 Å². The van der Waals surface area contributed by atoms with E-state index in [1.165, 1.54) is 6.07 Å². The number of amides is 1. The Bertz CT molecular complexity index is 1250. The van der Waals surface area contributed by atoms with Crippen LogP contribution in [0.2, 0.25) is 5.02 Å². The topological polar surface area (TPSA) is 89.2 Å². The second-order valence-corrected chi connectivity index (χ2v) is 8.09. The Morgan fingerprint density at radius 1 is 1.22 bits per heavy atom. The predicted molar refractivity (Wildman–Crippen MR) is 121 cm³/mol. The summed E-state index contributed by atoms with van der Waals surface area (Å²) in [5, 5.41) is 10.9. The standard InChI is InChI=1S/C24H24ClNO6/c1-4-31-19-11-14(6-7-17(19)27)21-20-22(28)15-12-16(25)13(2)10-18(15)32-23(20)24(29)26(21)8-5-9-30-3/h6-7,10-12,21,27H,4-5,8-9H2,1-3H3. The highest BCUT2D eigenvalue weighted by Crippen LogP contribution is 2.41. The summed E-state index contributed by atoms with van der Waals surface area (Å²) in [6.45, 7) is 4.80. The molecular weight excluding hydrogens is 434 g/mol. The minimum absolute atomic E-state index is 0.0149. The highest BCUT2D eigenvalue weighted by atomic mass is 35.5. The lowest BCUT2D eigenvalue weighted by molar-refractivity contribution is 0.0707. The maximum atomic E-state index is 13.6. The van der Waals surface area contributed by atoms with Gasteiger partial charge in [-0.15, -0.1) is 0 Å². The zero-order chi connectivity index (χ0) is 23.0. The van der Waals surface area contributed by atoms with E-state index in [1.807, 2.05) is 13.8 Å². The second kappa shape index (κ2) is 8.84. The van der Waals surface area contributed by atoms with Crippen LogP contribution in [-0.2, 0) is 4.74 Å². The van der Waals surface area contributed by atoms with E-state index in [2.05, 4.69) is 0 Å². The predicted octanol–water partition coefficient (Wildman–Crippen LogP) is 4.44. The first-order valence-electron chi connectivity index (χ1n) is 10.4. The molecule has 0 spiro atoms. The Morgan fingerprint density at radius 2 is 2.00 bits per heavy atom. The third kappa shape index (κ3) is 3.72. The van der Waals surface area contributed by atoms with Gasteiger partial charge in [0, 0.05) is 25.3 Å². The van der Waals surface area contributed by atoms with E-state index < -0.39 is 6.04 Å². The van der Waals surface area contributed by atoms with E-state index in [9.17, 15) is 14.7 Å². The van der Waals surface area contributed by atoms with E-state index in [0.717, 1.165) is 5.56 Å². The normalized spacial score (nSPS) is 15.4. The van der Waals surface area contributed by atoms with E-state index in [4.69, 9.17) is 25.5 Å². The molecule has 2 heterocycles. The van der Waals surface area contributed by atoms with Crippen molar-refractivity contribution in [1.82, 2.24) is 4.90 Å². The Hall–Kier alpha value is -3.03. The number of benzene rings is 2. The van der Waals surface area contributed by atoms with Crippen LogP contribution in [0.4, 0.5) is 0 Å². The molecular formula is C24H24ClNO6. The highest BCUT2D eigenvalue weighted by molar-refractivity contribution is 6.32. The van der Waals surface area contributed by atoms with Crippen molar-refractivity contribution in [3.05, 3.63) is 68.0 Å². The molecule has 32 heavy (non-hydrogen) atoms. The molecule has 1 amide bonds. The molecule has 0 saturated carbocycles. The molecule has 0 bridgehead atoms. The van der Waals surface area contributed by atoms with Gasteiger partial charge in [-0.2, -0.15) is 0 Å². The number of aryl methyl sites for hydroxylation is 1. The second-order valence-electron chi connectivity index (χ2n) is 7.68. The van der Waals surface area contributed by atoms with E-state index in [1.54, 1.807) is 36.3 Å². The number of aromatic hydroxyl groups is 1. The minimum Gasteiger partial charge on any atom is -0.504 e. The number of phenols is 1. The SMILES string of the molecule is CCOc1cc(C2c3c(oc4cc(C)c(Cl)cc4c3=O)C(=O)N2CCCOC)ccc1O. The molecule has 1 aliphatic heterocycles. The molecule has 1 unspecified atom stereocenters. The first kappa shape index (κ1) is 22.2. The molecule has 0 aliphatic carbocycles. The van der Waals surface area contributed by atoms with Crippen LogP contribution in [-0.4, -0.2) is 42.8 Å². The van der Waals surface area contributed by atoms with Gasteiger partial charge in [0.15, 0.2) is 16.9 Å². The van der Waals surface area contributed by atoms with Crippen LogP contribution in [0.15, 0.2) is 39.5 Å². The summed E-state index contributed by atoms with van der Waals surface area (Å²) in [6.07, 6.45) is 0.585. The number of halogens is 1. The minimum atomic E-state index is -0.685. The van der Waals surface area contributed by atoms with Gasteiger partial charge in [-0.3, -0.25) is 9.59 Å². The first-order valence-corrected chi connectivity index (χ1v) is 10.8. The summed E-state index contributed by atoms with van der Waals surface area (Å²) >= 11 is 6.26. The van der Waals surface area contributed by atoms with Gasteiger partial charge in [-0.1, -0.05) is 17.7 Å². The molecule has 3 aromatic rings. The van der Waals surface area contributed by atoms with Crippen LogP contribution in [0.1, 0.15) is 46.6 Å². The Balaban J connectivity index is 1.93. The van der Waals surface area contributed by atoms with Crippen molar-refractivity contribution in [3.8, 4) is 11.5 Å². The fourth-order valence-corrected chi connectivity index (χ4v) is 4.23. The summed E-state index contributed by atoms with van der Waals surface area (Å²) in [4.78, 5) is 28.5. The number of nitrogens with zero attached hydrogens (tertiary/aromatic N) is 1. The molecule has 2 aromatic carbocycles. The van der Waals surface area contributed by atoms with Crippen molar-refractivity contribution in [2.75, 3.05) is 26.9 Å². The summed E-state index contributed by atoms with van der Waals surface area (Å²) in [6, 6.07) is 7.40. The number of ether oxygens (including phenoxy) is 2. The Labute approximate surface area is 190 Å². The molecule has 8 heteroatoms. The lowest BCUT2D eigenvalue weighted by atomic mass is 9.97. The van der Waals surface area contributed by atoms with Crippen LogP contribution in [0, 0.1) is 6.92 Å². The van der Waals surface area contributed by atoms with Gasteiger partial charge in [0.2, 0.25) is 5.76 Å². The van der Waals surface area contributed by atoms with Crippen LogP contribution in [0.5, 0.6) is 11.5 Å². The molecule has 1 aromatic heterocycles. The Morgan fingerprint density at radius 3 is 2.72 bits per heavy atom. The lowest BCUT2D eigenvalue weighted by Gasteiger charge is -2.25. The van der Waals surface area contributed by atoms with E-state index >= 15 is 0 Å². The number of carbonyl (C=O) groups is 1. The van der Waals surface area contributed by atoms with Gasteiger partial charge >= 0.3 is 0 Å². The number of hydrogen-bond acceptors (Lipinski definition) is 6. The van der Waals surface area contributed by atoms with Gasteiger partial charge in [0.05, 0.1) is 23.6 Å². The van der Waals surface area contributed by atoms with Gasteiger partial charge in [0.25, 0.3) is 5.91 Å². The molecule has 1 aliphatic rings. The number of methoxy groups -OCH3 is 1. The van der Waals surface area contributed by atoms with Crippen molar-refractivity contribution in [3.63, 3.8) is 0 Å². The largest absolute Gasteiger partial charge is 0.504 e. The average molecular weight is 458 g/mol. The molecule has 7 nitrogen and oxygen atoms in total. The lowest BCUT2D eigenvalue weighted by Crippen LogP contribution is -2.31. The van der Waals surface area contributed by atoms with Crippen LogP contribution < -0.4 is 10.2 Å². The van der Waals surface area contributed by atoms with Crippen molar-refractivity contribution in [1.29, 1.82) is 0 Å². The van der Waals surface area contributed by atoms with E-state index in [0.29, 0.717) is 47.7 Å². The molecule has 4 rings (SSSR count). The van der Waals surface area contributed by atoms with Crippen molar-refractivity contribution >= 4 is 28.5 Å². The quantitative estimate of drug-likeness (QED) is 0.527. The zero-order valence-electron chi connectivity index (χ0n) is 18.1. The van der Waals surface area contributed by atoms with Crippen LogP contribution in [0.25, 0.3) is 11.0 Å². The zero-order valence-corrected chi connectivity index (χ0v) is 18.9.